The summed E-state index contributed by atoms with van der Waals surface area (Å²) in [6, 6.07) is 15.0. The van der Waals surface area contributed by atoms with Crippen LogP contribution in [0.25, 0.3) is 0 Å². The van der Waals surface area contributed by atoms with E-state index in [2.05, 4.69) is 5.32 Å². The van der Waals surface area contributed by atoms with Gasteiger partial charge in [-0.3, -0.25) is 4.79 Å². The number of carbonyl (C=O) groups excluding carboxylic acids is 1. The van der Waals surface area contributed by atoms with E-state index >= 15 is 0 Å². The first-order chi connectivity index (χ1) is 11.7. The predicted octanol–water partition coefficient (Wildman–Crippen LogP) is 2.83. The Balaban J connectivity index is 1.71. The Hall–Kier alpha value is -2.69. The first-order valence-corrected chi connectivity index (χ1v) is 7.97. The molecule has 0 aromatic heterocycles. The molecule has 5 nitrogen and oxygen atoms in total. The monoisotopic (exact) mass is 329 g/mol. The molecule has 1 amide bonds. The van der Waals surface area contributed by atoms with Gasteiger partial charge < -0.3 is 19.5 Å². The van der Waals surface area contributed by atoms with Crippen LogP contribution in [-0.4, -0.2) is 32.8 Å². The SMILES string of the molecule is CCOc1ccc(OCC(=O)NCCc2ccccc2OC)cc1. The van der Waals surface area contributed by atoms with Crippen molar-refractivity contribution in [2.75, 3.05) is 26.9 Å². The standard InChI is InChI=1S/C19H23NO4/c1-3-23-16-8-10-17(11-9-16)24-14-19(21)20-13-12-15-6-4-5-7-18(15)22-2/h4-11H,3,12-14H2,1-2H3,(H,20,21). The minimum atomic E-state index is -0.154. The van der Waals surface area contributed by atoms with Gasteiger partial charge in [0.1, 0.15) is 17.2 Å². The van der Waals surface area contributed by atoms with E-state index in [1.807, 2.05) is 43.3 Å². The third-order valence-electron chi connectivity index (χ3n) is 3.41. The highest BCUT2D eigenvalue weighted by Gasteiger charge is 2.05. The van der Waals surface area contributed by atoms with Crippen LogP contribution in [0.2, 0.25) is 0 Å². The van der Waals surface area contributed by atoms with Gasteiger partial charge in [0.15, 0.2) is 6.61 Å². The number of methoxy groups -OCH3 is 1. The average Bonchev–Trinajstić information content (AvgIpc) is 2.62. The van der Waals surface area contributed by atoms with Crippen LogP contribution < -0.4 is 19.5 Å². The number of hydrogen-bond acceptors (Lipinski definition) is 4. The highest BCUT2D eigenvalue weighted by atomic mass is 16.5. The molecule has 0 bridgehead atoms. The molecule has 128 valence electrons. The van der Waals surface area contributed by atoms with Gasteiger partial charge in [0.05, 0.1) is 13.7 Å². The Morgan fingerprint density at radius 3 is 2.33 bits per heavy atom. The topological polar surface area (TPSA) is 56.8 Å². The van der Waals surface area contributed by atoms with Gasteiger partial charge in [-0.05, 0) is 49.2 Å². The maximum Gasteiger partial charge on any atom is 0.257 e. The maximum absolute atomic E-state index is 11.8. The van der Waals surface area contributed by atoms with Crippen molar-refractivity contribution >= 4 is 5.91 Å². The molecule has 0 aliphatic carbocycles. The molecule has 0 spiro atoms. The van der Waals surface area contributed by atoms with E-state index < -0.39 is 0 Å². The summed E-state index contributed by atoms with van der Waals surface area (Å²) in [5.41, 5.74) is 1.06. The van der Waals surface area contributed by atoms with Gasteiger partial charge in [-0.1, -0.05) is 18.2 Å². The van der Waals surface area contributed by atoms with E-state index in [9.17, 15) is 4.79 Å². The van der Waals surface area contributed by atoms with Crippen molar-refractivity contribution < 1.29 is 19.0 Å². The highest BCUT2D eigenvalue weighted by molar-refractivity contribution is 5.77. The molecule has 0 unspecified atom stereocenters. The number of hydrogen-bond donors (Lipinski definition) is 1. The summed E-state index contributed by atoms with van der Waals surface area (Å²) in [4.78, 5) is 11.8. The number of amides is 1. The lowest BCUT2D eigenvalue weighted by Gasteiger charge is -2.10. The number of carbonyl (C=O) groups is 1. The van der Waals surface area contributed by atoms with Gasteiger partial charge in [-0.2, -0.15) is 0 Å². The van der Waals surface area contributed by atoms with E-state index in [-0.39, 0.29) is 12.5 Å². The molecular formula is C19H23NO4. The Kier molecular flexibility index (Phi) is 6.95. The lowest BCUT2D eigenvalue weighted by Crippen LogP contribution is -2.30. The molecule has 0 radical (unpaired) electrons. The number of para-hydroxylation sites is 1. The number of ether oxygens (including phenoxy) is 3. The highest BCUT2D eigenvalue weighted by Crippen LogP contribution is 2.18. The van der Waals surface area contributed by atoms with E-state index in [0.29, 0.717) is 25.3 Å². The van der Waals surface area contributed by atoms with Crippen LogP contribution >= 0.6 is 0 Å². The molecule has 2 aromatic carbocycles. The van der Waals surface area contributed by atoms with Crippen LogP contribution in [0.15, 0.2) is 48.5 Å². The summed E-state index contributed by atoms with van der Waals surface area (Å²) in [6.07, 6.45) is 0.707. The maximum atomic E-state index is 11.8. The zero-order valence-corrected chi connectivity index (χ0v) is 14.1. The van der Waals surface area contributed by atoms with Gasteiger partial charge in [-0.15, -0.1) is 0 Å². The first kappa shape index (κ1) is 17.7. The fourth-order valence-electron chi connectivity index (χ4n) is 2.24. The van der Waals surface area contributed by atoms with Crippen molar-refractivity contribution in [3.8, 4) is 17.2 Å². The fraction of sp³-hybridized carbons (Fsp3) is 0.316. The van der Waals surface area contributed by atoms with Gasteiger partial charge in [0, 0.05) is 6.54 Å². The largest absolute Gasteiger partial charge is 0.496 e. The van der Waals surface area contributed by atoms with E-state index in [0.717, 1.165) is 17.1 Å². The Morgan fingerprint density at radius 1 is 1.00 bits per heavy atom. The number of rotatable bonds is 9. The molecule has 0 aliphatic rings. The molecule has 2 rings (SSSR count). The molecule has 0 saturated carbocycles. The molecule has 0 saturated heterocycles. The second kappa shape index (κ2) is 9.45. The zero-order chi connectivity index (χ0) is 17.2. The molecule has 0 aliphatic heterocycles. The Morgan fingerprint density at radius 2 is 1.67 bits per heavy atom. The molecule has 0 atom stereocenters. The van der Waals surface area contributed by atoms with Crippen molar-refractivity contribution in [3.05, 3.63) is 54.1 Å². The second-order valence-corrected chi connectivity index (χ2v) is 5.10. The average molecular weight is 329 g/mol. The lowest BCUT2D eigenvalue weighted by atomic mass is 10.1. The molecule has 24 heavy (non-hydrogen) atoms. The summed E-state index contributed by atoms with van der Waals surface area (Å²) in [5, 5.41) is 2.84. The molecule has 1 N–H and O–H groups in total. The summed E-state index contributed by atoms with van der Waals surface area (Å²) in [7, 11) is 1.64. The van der Waals surface area contributed by atoms with E-state index in [1.54, 1.807) is 19.2 Å². The normalized spacial score (nSPS) is 10.1. The molecule has 5 heteroatoms. The summed E-state index contributed by atoms with van der Waals surface area (Å²) >= 11 is 0. The van der Waals surface area contributed by atoms with Crippen molar-refractivity contribution in [3.63, 3.8) is 0 Å². The van der Waals surface area contributed by atoms with Crippen LogP contribution in [0.4, 0.5) is 0 Å². The Bertz CT molecular complexity index is 640. The number of nitrogens with one attached hydrogen (secondary N) is 1. The van der Waals surface area contributed by atoms with E-state index in [4.69, 9.17) is 14.2 Å². The molecule has 0 heterocycles. The predicted molar refractivity (Wildman–Crippen MR) is 92.8 cm³/mol. The minimum Gasteiger partial charge on any atom is -0.496 e. The van der Waals surface area contributed by atoms with Gasteiger partial charge >= 0.3 is 0 Å². The smallest absolute Gasteiger partial charge is 0.257 e. The first-order valence-electron chi connectivity index (χ1n) is 7.97. The van der Waals surface area contributed by atoms with Crippen LogP contribution in [-0.2, 0) is 11.2 Å². The molecular weight excluding hydrogens is 306 g/mol. The zero-order valence-electron chi connectivity index (χ0n) is 14.1. The number of benzene rings is 2. The van der Waals surface area contributed by atoms with Crippen LogP contribution in [0.5, 0.6) is 17.2 Å². The van der Waals surface area contributed by atoms with Crippen LogP contribution in [0.1, 0.15) is 12.5 Å². The molecule has 2 aromatic rings. The van der Waals surface area contributed by atoms with Crippen molar-refractivity contribution in [2.24, 2.45) is 0 Å². The Labute approximate surface area is 142 Å². The van der Waals surface area contributed by atoms with Crippen molar-refractivity contribution in [1.82, 2.24) is 5.32 Å². The second-order valence-electron chi connectivity index (χ2n) is 5.10. The van der Waals surface area contributed by atoms with Gasteiger partial charge in [0.25, 0.3) is 5.91 Å². The summed E-state index contributed by atoms with van der Waals surface area (Å²) < 4.78 is 16.1. The quantitative estimate of drug-likeness (QED) is 0.768. The summed E-state index contributed by atoms with van der Waals surface area (Å²) in [6.45, 7) is 3.07. The van der Waals surface area contributed by atoms with Crippen molar-refractivity contribution in [1.29, 1.82) is 0 Å². The molecule has 0 fully saturated rings. The van der Waals surface area contributed by atoms with Crippen molar-refractivity contribution in [2.45, 2.75) is 13.3 Å². The third-order valence-corrected chi connectivity index (χ3v) is 3.41. The van der Waals surface area contributed by atoms with Crippen LogP contribution in [0.3, 0.4) is 0 Å². The minimum absolute atomic E-state index is 0.0140. The van der Waals surface area contributed by atoms with Gasteiger partial charge in [0.2, 0.25) is 0 Å². The summed E-state index contributed by atoms with van der Waals surface area (Å²) in [5.74, 6) is 2.10. The van der Waals surface area contributed by atoms with Crippen LogP contribution in [0, 0.1) is 0 Å². The third kappa shape index (κ3) is 5.50. The van der Waals surface area contributed by atoms with E-state index in [1.165, 1.54) is 0 Å². The lowest BCUT2D eigenvalue weighted by molar-refractivity contribution is -0.123. The van der Waals surface area contributed by atoms with Gasteiger partial charge in [-0.25, -0.2) is 0 Å². The fourth-order valence-corrected chi connectivity index (χ4v) is 2.24.